The summed E-state index contributed by atoms with van der Waals surface area (Å²) in [6, 6.07) is 2.11. The highest BCUT2D eigenvalue weighted by molar-refractivity contribution is 6.44. The van der Waals surface area contributed by atoms with Gasteiger partial charge in [-0.2, -0.15) is 0 Å². The monoisotopic (exact) mass is 306 g/mol. The number of nitrogens with zero attached hydrogens (tertiary/aromatic N) is 1. The Balaban J connectivity index is 2.98. The van der Waals surface area contributed by atoms with E-state index in [1.807, 2.05) is 0 Å². The lowest BCUT2D eigenvalue weighted by atomic mass is 10.1. The molecule has 1 aromatic carbocycles. The molecule has 1 amide bonds. The summed E-state index contributed by atoms with van der Waals surface area (Å²) >= 11 is 11.6. The highest BCUT2D eigenvalue weighted by atomic mass is 35.5. The number of nitro groups is 1. The first-order valence-electron chi connectivity index (χ1n) is 5.46. The Hall–Kier alpha value is -1.37. The predicted octanol–water partition coefficient (Wildman–Crippen LogP) is 2.40. The van der Waals surface area contributed by atoms with Crippen molar-refractivity contribution in [1.82, 2.24) is 5.32 Å². The van der Waals surface area contributed by atoms with Crippen LogP contribution in [0.3, 0.4) is 0 Å². The summed E-state index contributed by atoms with van der Waals surface area (Å²) in [5.74, 6) is -0.622. The van der Waals surface area contributed by atoms with Gasteiger partial charge < -0.3 is 10.4 Å². The summed E-state index contributed by atoms with van der Waals surface area (Å²) in [7, 11) is 0. The van der Waals surface area contributed by atoms with Crippen LogP contribution in [0.25, 0.3) is 0 Å². The fourth-order valence-corrected chi connectivity index (χ4v) is 1.70. The van der Waals surface area contributed by atoms with Crippen molar-refractivity contribution in [2.24, 2.45) is 0 Å². The number of rotatable bonds is 5. The third-order valence-corrected chi connectivity index (χ3v) is 3.24. The van der Waals surface area contributed by atoms with Gasteiger partial charge in [-0.05, 0) is 6.42 Å². The molecule has 104 valence electrons. The van der Waals surface area contributed by atoms with E-state index in [-0.39, 0.29) is 27.8 Å². The topological polar surface area (TPSA) is 92.5 Å². The van der Waals surface area contributed by atoms with Crippen LogP contribution in [-0.2, 0) is 0 Å². The molecule has 1 unspecified atom stereocenters. The zero-order chi connectivity index (χ0) is 14.6. The molecule has 0 spiro atoms. The Labute approximate surface area is 119 Å². The second-order valence-electron chi connectivity index (χ2n) is 3.82. The van der Waals surface area contributed by atoms with Crippen LogP contribution in [0.5, 0.6) is 0 Å². The van der Waals surface area contributed by atoms with Crippen LogP contribution < -0.4 is 5.32 Å². The maximum atomic E-state index is 11.8. The number of benzene rings is 1. The Morgan fingerprint density at radius 3 is 2.68 bits per heavy atom. The molecule has 0 saturated heterocycles. The van der Waals surface area contributed by atoms with Gasteiger partial charge in [0.05, 0.1) is 26.6 Å². The molecule has 0 heterocycles. The molecule has 6 nitrogen and oxygen atoms in total. The number of carbonyl (C=O) groups excluding carboxylic acids is 1. The maximum Gasteiger partial charge on any atom is 0.271 e. The third-order valence-electron chi connectivity index (χ3n) is 2.44. The molecular formula is C11H12Cl2N2O4. The number of aliphatic hydroxyl groups excluding tert-OH is 1. The molecule has 1 aromatic rings. The summed E-state index contributed by atoms with van der Waals surface area (Å²) < 4.78 is 0. The smallest absolute Gasteiger partial charge is 0.271 e. The summed E-state index contributed by atoms with van der Waals surface area (Å²) in [6.45, 7) is 1.79. The molecule has 2 N–H and O–H groups in total. The zero-order valence-corrected chi connectivity index (χ0v) is 11.5. The number of nitrogens with one attached hydrogen (secondary N) is 1. The quantitative estimate of drug-likeness (QED) is 0.645. The molecule has 0 aromatic heterocycles. The molecule has 1 rings (SSSR count). The van der Waals surface area contributed by atoms with Crippen LogP contribution in [0.4, 0.5) is 5.69 Å². The highest BCUT2D eigenvalue weighted by Crippen LogP contribution is 2.30. The van der Waals surface area contributed by atoms with Crippen LogP contribution in [-0.4, -0.2) is 28.6 Å². The molecule has 0 radical (unpaired) electrons. The average Bonchev–Trinajstić information content (AvgIpc) is 2.38. The number of hydrogen-bond acceptors (Lipinski definition) is 4. The fourth-order valence-electron chi connectivity index (χ4n) is 1.30. The predicted molar refractivity (Wildman–Crippen MR) is 71.7 cm³/mol. The van der Waals surface area contributed by atoms with Crippen molar-refractivity contribution >= 4 is 34.8 Å². The maximum absolute atomic E-state index is 11.8. The second-order valence-corrected chi connectivity index (χ2v) is 4.60. The molecule has 0 aliphatic carbocycles. The number of nitro benzene ring substituents is 1. The van der Waals surface area contributed by atoms with E-state index in [9.17, 15) is 20.0 Å². The first kappa shape index (κ1) is 15.7. The van der Waals surface area contributed by atoms with Gasteiger partial charge in [0.25, 0.3) is 11.6 Å². The van der Waals surface area contributed by atoms with E-state index >= 15 is 0 Å². The van der Waals surface area contributed by atoms with Crippen molar-refractivity contribution in [3.8, 4) is 0 Å². The van der Waals surface area contributed by atoms with Crippen molar-refractivity contribution in [3.05, 3.63) is 37.9 Å². The number of halogens is 2. The standard InChI is InChI=1S/C11H12Cl2N2O4/c1-2-7(16)5-14-11(17)8-3-6(15(18)19)4-9(12)10(8)13/h3-4,7,16H,2,5H2,1H3,(H,14,17). The van der Waals surface area contributed by atoms with Crippen LogP contribution >= 0.6 is 23.2 Å². The van der Waals surface area contributed by atoms with Crippen LogP contribution in [0.15, 0.2) is 12.1 Å². The largest absolute Gasteiger partial charge is 0.391 e. The lowest BCUT2D eigenvalue weighted by Gasteiger charge is -2.10. The molecule has 0 bridgehead atoms. The van der Waals surface area contributed by atoms with Gasteiger partial charge >= 0.3 is 0 Å². The molecule has 0 fully saturated rings. The van der Waals surface area contributed by atoms with Gasteiger partial charge in [-0.3, -0.25) is 14.9 Å². The Morgan fingerprint density at radius 1 is 1.53 bits per heavy atom. The first-order chi connectivity index (χ1) is 8.86. The minimum Gasteiger partial charge on any atom is -0.391 e. The van der Waals surface area contributed by atoms with Crippen molar-refractivity contribution in [2.45, 2.75) is 19.4 Å². The van der Waals surface area contributed by atoms with Gasteiger partial charge in [0, 0.05) is 18.7 Å². The number of hydrogen-bond donors (Lipinski definition) is 2. The molecular weight excluding hydrogens is 295 g/mol. The molecule has 0 saturated carbocycles. The molecule has 19 heavy (non-hydrogen) atoms. The number of carbonyl (C=O) groups is 1. The van der Waals surface area contributed by atoms with Gasteiger partial charge in [0.15, 0.2) is 0 Å². The Bertz CT molecular complexity index is 508. The summed E-state index contributed by atoms with van der Waals surface area (Å²) in [4.78, 5) is 21.8. The minimum absolute atomic E-state index is 0.0337. The van der Waals surface area contributed by atoms with Crippen LogP contribution in [0, 0.1) is 10.1 Å². The van der Waals surface area contributed by atoms with Crippen molar-refractivity contribution in [3.63, 3.8) is 0 Å². The number of aliphatic hydroxyl groups is 1. The lowest BCUT2D eigenvalue weighted by Crippen LogP contribution is -2.31. The van der Waals surface area contributed by atoms with Gasteiger partial charge in [-0.25, -0.2) is 0 Å². The van der Waals surface area contributed by atoms with Crippen molar-refractivity contribution in [1.29, 1.82) is 0 Å². The SMILES string of the molecule is CCC(O)CNC(=O)c1cc([N+](=O)[O-])cc(Cl)c1Cl. The van der Waals surface area contributed by atoms with Crippen LogP contribution in [0.2, 0.25) is 10.0 Å². The second kappa shape index (κ2) is 6.70. The van der Waals surface area contributed by atoms with Gasteiger partial charge in [0.2, 0.25) is 0 Å². The van der Waals surface area contributed by atoms with E-state index in [1.165, 1.54) is 0 Å². The van der Waals surface area contributed by atoms with Gasteiger partial charge in [-0.1, -0.05) is 30.1 Å². The molecule has 8 heteroatoms. The van der Waals surface area contributed by atoms with Gasteiger partial charge in [0.1, 0.15) is 0 Å². The number of amides is 1. The first-order valence-corrected chi connectivity index (χ1v) is 6.22. The van der Waals surface area contributed by atoms with Gasteiger partial charge in [-0.15, -0.1) is 0 Å². The van der Waals surface area contributed by atoms with Crippen LogP contribution in [0.1, 0.15) is 23.7 Å². The fraction of sp³-hybridized carbons (Fsp3) is 0.364. The number of non-ortho nitro benzene ring substituents is 1. The Kier molecular flexibility index (Phi) is 5.53. The van der Waals surface area contributed by atoms with E-state index < -0.39 is 16.9 Å². The van der Waals surface area contributed by atoms with E-state index in [2.05, 4.69) is 5.32 Å². The normalized spacial score (nSPS) is 12.0. The van der Waals surface area contributed by atoms with Crippen molar-refractivity contribution < 1.29 is 14.8 Å². The van der Waals surface area contributed by atoms with E-state index in [0.29, 0.717) is 6.42 Å². The lowest BCUT2D eigenvalue weighted by molar-refractivity contribution is -0.384. The summed E-state index contributed by atoms with van der Waals surface area (Å²) in [5.41, 5.74) is -0.417. The van der Waals surface area contributed by atoms with Crippen molar-refractivity contribution in [2.75, 3.05) is 6.54 Å². The summed E-state index contributed by atoms with van der Waals surface area (Å²) in [5, 5.41) is 22.3. The summed E-state index contributed by atoms with van der Waals surface area (Å²) in [6.07, 6.45) is -0.208. The average molecular weight is 307 g/mol. The third kappa shape index (κ3) is 4.05. The molecule has 0 aliphatic rings. The van der Waals surface area contributed by atoms with E-state index in [1.54, 1.807) is 6.92 Å². The Morgan fingerprint density at radius 2 is 2.16 bits per heavy atom. The van der Waals surface area contributed by atoms with E-state index in [0.717, 1.165) is 12.1 Å². The minimum atomic E-state index is -0.683. The highest BCUT2D eigenvalue weighted by Gasteiger charge is 2.19. The molecule has 1 atom stereocenters. The zero-order valence-electron chi connectivity index (χ0n) is 10.0. The molecule has 0 aliphatic heterocycles. The van der Waals surface area contributed by atoms with E-state index in [4.69, 9.17) is 23.2 Å².